The summed E-state index contributed by atoms with van der Waals surface area (Å²) < 4.78 is 6.05. The number of piperidine rings is 2. The number of hydrogen-bond donors (Lipinski definition) is 0. The lowest BCUT2D eigenvalue weighted by atomic mass is 9.83. The van der Waals surface area contributed by atoms with Gasteiger partial charge >= 0.3 is 5.97 Å². The highest BCUT2D eigenvalue weighted by Crippen LogP contribution is 2.40. The van der Waals surface area contributed by atoms with E-state index < -0.39 is 4.87 Å². The van der Waals surface area contributed by atoms with Gasteiger partial charge in [0.1, 0.15) is 6.10 Å². The first-order valence-corrected chi connectivity index (χ1v) is 10.2. The maximum Gasteiger partial charge on any atom is 0.336 e. The third kappa shape index (κ3) is 3.51. The molecule has 142 valence electrons. The van der Waals surface area contributed by atoms with Crippen LogP contribution in [0.3, 0.4) is 0 Å². The molecule has 27 heavy (non-hydrogen) atoms. The first-order chi connectivity index (χ1) is 13.1. The van der Waals surface area contributed by atoms with E-state index in [1.807, 2.05) is 60.7 Å². The Kier molecular flexibility index (Phi) is 5.25. The first kappa shape index (κ1) is 18.5. The van der Waals surface area contributed by atoms with E-state index in [0.717, 1.165) is 24.0 Å². The molecule has 4 heteroatoms. The summed E-state index contributed by atoms with van der Waals surface area (Å²) >= 11 is 7.02. The summed E-state index contributed by atoms with van der Waals surface area (Å²) in [5.74, 6) is -0.366. The highest BCUT2D eigenvalue weighted by molar-refractivity contribution is 6.36. The Balaban J connectivity index is 1.60. The van der Waals surface area contributed by atoms with Gasteiger partial charge in [-0.05, 0) is 43.9 Å². The number of halogens is 1. The molecule has 2 aromatic carbocycles. The van der Waals surface area contributed by atoms with Crippen molar-refractivity contribution in [2.75, 3.05) is 7.05 Å². The number of nitrogens with zero attached hydrogens (tertiary/aromatic N) is 1. The van der Waals surface area contributed by atoms with Crippen molar-refractivity contribution in [2.24, 2.45) is 0 Å². The van der Waals surface area contributed by atoms with Crippen molar-refractivity contribution in [1.29, 1.82) is 0 Å². The predicted molar refractivity (Wildman–Crippen MR) is 108 cm³/mol. The maximum absolute atomic E-state index is 13.4. The van der Waals surface area contributed by atoms with Crippen LogP contribution in [0.2, 0.25) is 0 Å². The smallest absolute Gasteiger partial charge is 0.336 e. The zero-order valence-electron chi connectivity index (χ0n) is 15.7. The fourth-order valence-corrected chi connectivity index (χ4v) is 4.93. The lowest BCUT2D eigenvalue weighted by molar-refractivity contribution is -0.157. The third-order valence-corrected chi connectivity index (χ3v) is 6.79. The standard InChI is InChI=1S/C23H26ClNO2/c1-25-19-13-8-14-20(25)16-21(15-19)27-22(26)23(24,17-9-4-2-5-10-17)18-11-6-3-7-12-18/h2-7,9-12,19-21H,8,13-16H2,1H3/t19-,20+,21?. The van der Waals surface area contributed by atoms with Crippen molar-refractivity contribution in [3.8, 4) is 0 Å². The van der Waals surface area contributed by atoms with Crippen molar-refractivity contribution in [2.45, 2.75) is 55.2 Å². The van der Waals surface area contributed by atoms with E-state index in [1.165, 1.54) is 19.3 Å². The SMILES string of the molecule is CN1[C@@H]2CCC[C@H]1CC(OC(=O)C(Cl)(c1ccccc1)c1ccccc1)C2. The van der Waals surface area contributed by atoms with Gasteiger partial charge in [-0.2, -0.15) is 0 Å². The molecule has 2 aliphatic rings. The topological polar surface area (TPSA) is 29.5 Å². The van der Waals surface area contributed by atoms with E-state index in [1.54, 1.807) is 0 Å². The quantitative estimate of drug-likeness (QED) is 0.564. The number of esters is 1. The molecule has 2 aliphatic heterocycles. The molecule has 0 N–H and O–H groups in total. The van der Waals surface area contributed by atoms with Crippen molar-refractivity contribution in [1.82, 2.24) is 4.90 Å². The number of hydrogen-bond acceptors (Lipinski definition) is 3. The molecule has 1 unspecified atom stereocenters. The lowest BCUT2D eigenvalue weighted by Gasteiger charge is -2.46. The van der Waals surface area contributed by atoms with E-state index in [2.05, 4.69) is 11.9 Å². The molecule has 2 fully saturated rings. The third-order valence-electron chi connectivity index (χ3n) is 6.19. The minimum absolute atomic E-state index is 0.0606. The van der Waals surface area contributed by atoms with Crippen molar-refractivity contribution < 1.29 is 9.53 Å². The molecule has 2 aromatic rings. The Morgan fingerprint density at radius 3 is 1.93 bits per heavy atom. The first-order valence-electron chi connectivity index (χ1n) is 9.82. The number of rotatable bonds is 4. The maximum atomic E-state index is 13.4. The van der Waals surface area contributed by atoms with Crippen LogP contribution in [0.15, 0.2) is 60.7 Å². The van der Waals surface area contributed by atoms with Crippen LogP contribution in [0.5, 0.6) is 0 Å². The largest absolute Gasteiger partial charge is 0.460 e. The van der Waals surface area contributed by atoms with E-state index in [4.69, 9.17) is 16.3 Å². The van der Waals surface area contributed by atoms with Crippen LogP contribution in [0.1, 0.15) is 43.2 Å². The van der Waals surface area contributed by atoms with Gasteiger partial charge in [0.15, 0.2) is 4.87 Å². The molecule has 3 atom stereocenters. The molecule has 3 nitrogen and oxygen atoms in total. The van der Waals surface area contributed by atoms with Gasteiger partial charge in [-0.1, -0.05) is 78.7 Å². The summed E-state index contributed by atoms with van der Waals surface area (Å²) in [7, 11) is 2.20. The van der Waals surface area contributed by atoms with Gasteiger partial charge in [0.05, 0.1) is 0 Å². The van der Waals surface area contributed by atoms with Crippen LogP contribution >= 0.6 is 11.6 Å². The summed E-state index contributed by atoms with van der Waals surface area (Å²) in [4.78, 5) is 14.5. The van der Waals surface area contributed by atoms with Crippen molar-refractivity contribution in [3.05, 3.63) is 71.8 Å². The minimum Gasteiger partial charge on any atom is -0.460 e. The molecular weight excluding hydrogens is 358 g/mol. The normalized spacial score (nSPS) is 25.8. The summed E-state index contributed by atoms with van der Waals surface area (Å²) in [6.07, 6.45) is 5.38. The number of carbonyl (C=O) groups excluding carboxylic acids is 1. The van der Waals surface area contributed by atoms with Crippen LogP contribution in [-0.4, -0.2) is 36.1 Å². The van der Waals surface area contributed by atoms with Gasteiger partial charge in [0.2, 0.25) is 0 Å². The molecule has 2 bridgehead atoms. The molecule has 2 saturated heterocycles. The van der Waals surface area contributed by atoms with Crippen LogP contribution in [0, 0.1) is 0 Å². The molecule has 0 spiro atoms. The number of alkyl halides is 1. The number of benzene rings is 2. The summed E-state index contributed by atoms with van der Waals surface area (Å²) in [6, 6.07) is 20.1. The van der Waals surface area contributed by atoms with Crippen molar-refractivity contribution in [3.63, 3.8) is 0 Å². The summed E-state index contributed by atoms with van der Waals surface area (Å²) in [6.45, 7) is 0. The summed E-state index contributed by atoms with van der Waals surface area (Å²) in [5, 5.41) is 0. The van der Waals surface area contributed by atoms with Crippen LogP contribution in [0.4, 0.5) is 0 Å². The molecule has 0 amide bonds. The highest BCUT2D eigenvalue weighted by atomic mass is 35.5. The second-order valence-electron chi connectivity index (χ2n) is 7.79. The Hall–Kier alpha value is -1.84. The van der Waals surface area contributed by atoms with E-state index >= 15 is 0 Å². The van der Waals surface area contributed by atoms with Crippen LogP contribution in [0.25, 0.3) is 0 Å². The van der Waals surface area contributed by atoms with Gasteiger partial charge in [-0.25, -0.2) is 4.79 Å². The van der Waals surface area contributed by atoms with Gasteiger partial charge < -0.3 is 9.64 Å². The molecule has 0 aliphatic carbocycles. The minimum atomic E-state index is -1.32. The Morgan fingerprint density at radius 2 is 1.44 bits per heavy atom. The Labute approximate surface area is 166 Å². The Morgan fingerprint density at radius 1 is 0.963 bits per heavy atom. The van der Waals surface area contributed by atoms with E-state index in [9.17, 15) is 4.79 Å². The van der Waals surface area contributed by atoms with Crippen molar-refractivity contribution >= 4 is 17.6 Å². The second kappa shape index (κ2) is 7.65. The highest BCUT2D eigenvalue weighted by Gasteiger charge is 2.45. The van der Waals surface area contributed by atoms with Gasteiger partial charge in [0, 0.05) is 12.1 Å². The summed E-state index contributed by atoms with van der Waals surface area (Å²) in [5.41, 5.74) is 1.49. The number of carbonyl (C=O) groups is 1. The second-order valence-corrected chi connectivity index (χ2v) is 8.36. The predicted octanol–water partition coefficient (Wildman–Crippen LogP) is 4.73. The van der Waals surface area contributed by atoms with Crippen LogP contribution < -0.4 is 0 Å². The Bertz CT molecular complexity index is 726. The zero-order chi connectivity index (χ0) is 18.9. The molecule has 4 rings (SSSR count). The number of ether oxygens (including phenoxy) is 1. The van der Waals surface area contributed by atoms with Gasteiger partial charge in [-0.15, -0.1) is 0 Å². The molecule has 0 saturated carbocycles. The fraction of sp³-hybridized carbons (Fsp3) is 0.435. The van der Waals surface area contributed by atoms with E-state index in [-0.39, 0.29) is 12.1 Å². The molecule has 2 heterocycles. The number of fused-ring (bicyclic) bond motifs is 2. The molecular formula is C23H26ClNO2. The van der Waals surface area contributed by atoms with Gasteiger partial charge in [0.25, 0.3) is 0 Å². The average molecular weight is 384 g/mol. The van der Waals surface area contributed by atoms with Crippen LogP contribution in [-0.2, 0) is 14.4 Å². The molecule has 0 aromatic heterocycles. The fourth-order valence-electron chi connectivity index (χ4n) is 4.63. The van der Waals surface area contributed by atoms with Gasteiger partial charge in [-0.3, -0.25) is 0 Å². The lowest BCUT2D eigenvalue weighted by Crippen LogP contribution is -2.52. The zero-order valence-corrected chi connectivity index (χ0v) is 16.4. The monoisotopic (exact) mass is 383 g/mol. The molecule has 0 radical (unpaired) electrons. The average Bonchev–Trinajstić information content (AvgIpc) is 2.69. The van der Waals surface area contributed by atoms with E-state index in [0.29, 0.717) is 12.1 Å².